The van der Waals surface area contributed by atoms with E-state index in [1.165, 1.54) is 0 Å². The average molecular weight is 514 g/mol. The summed E-state index contributed by atoms with van der Waals surface area (Å²) < 4.78 is 5.29. The van der Waals surface area contributed by atoms with E-state index >= 15 is 0 Å². The number of para-hydroxylation sites is 1. The Labute approximate surface area is 218 Å². The summed E-state index contributed by atoms with van der Waals surface area (Å²) in [5.74, 6) is -0.944. The maximum Gasteiger partial charge on any atom is 0.251 e. The lowest BCUT2D eigenvalue weighted by atomic mass is 9.57. The predicted octanol–water partition coefficient (Wildman–Crippen LogP) is 4.36. The van der Waals surface area contributed by atoms with Crippen molar-refractivity contribution in [2.45, 2.75) is 29.8 Å². The van der Waals surface area contributed by atoms with Crippen molar-refractivity contribution in [1.29, 1.82) is 0 Å². The topological polar surface area (TPSA) is 87.7 Å². The van der Waals surface area contributed by atoms with Crippen LogP contribution >= 0.6 is 11.6 Å². The van der Waals surface area contributed by atoms with E-state index in [4.69, 9.17) is 16.3 Å². The van der Waals surface area contributed by atoms with Gasteiger partial charge in [-0.2, -0.15) is 0 Å². The molecule has 37 heavy (non-hydrogen) atoms. The number of halogens is 1. The molecule has 3 aromatic carbocycles. The number of methoxy groups -OCH3 is 1. The number of ketones is 1. The standard InChI is InChI=1S/C29H24ClN3O4/c1-37-18-11-8-16(9-12-18)25(34)24-23-7-4-14-33(23)29(20-15-17(30)10-13-22(20)32-27(29)36)28(24)19-5-2-3-6-21(19)31-26(28)35/h2-3,5-6,8-13,15,23-24H,4,7,14H2,1H3,(H,31,35)(H,32,36)/t23-,24-,28+,29+/m0/s1. The predicted molar refractivity (Wildman–Crippen MR) is 139 cm³/mol. The normalized spacial score (nSPS) is 29.2. The van der Waals surface area contributed by atoms with Gasteiger partial charge in [0.25, 0.3) is 5.91 Å². The van der Waals surface area contributed by atoms with Crippen molar-refractivity contribution in [3.63, 3.8) is 0 Å². The van der Waals surface area contributed by atoms with Gasteiger partial charge in [0.05, 0.1) is 13.0 Å². The average Bonchev–Trinajstić information content (AvgIpc) is 3.62. The van der Waals surface area contributed by atoms with Crippen molar-refractivity contribution >= 4 is 40.6 Å². The summed E-state index contributed by atoms with van der Waals surface area (Å²) in [5, 5.41) is 6.55. The molecule has 186 valence electrons. The molecule has 0 aromatic heterocycles. The molecule has 4 heterocycles. The number of carbonyl (C=O) groups excluding carboxylic acids is 3. The van der Waals surface area contributed by atoms with Gasteiger partial charge in [-0.3, -0.25) is 19.3 Å². The number of benzene rings is 3. The van der Waals surface area contributed by atoms with Gasteiger partial charge in [-0.25, -0.2) is 0 Å². The molecule has 0 radical (unpaired) electrons. The molecule has 2 spiro atoms. The highest BCUT2D eigenvalue weighted by Gasteiger charge is 2.81. The van der Waals surface area contributed by atoms with Gasteiger partial charge in [0.2, 0.25) is 5.91 Å². The Bertz CT molecular complexity index is 1510. The second-order valence-electron chi connectivity index (χ2n) is 10.1. The molecule has 0 unspecified atom stereocenters. The van der Waals surface area contributed by atoms with Crippen LogP contribution < -0.4 is 15.4 Å². The van der Waals surface area contributed by atoms with Gasteiger partial charge in [0.15, 0.2) is 5.78 Å². The summed E-state index contributed by atoms with van der Waals surface area (Å²) in [6.45, 7) is 0.591. The highest BCUT2D eigenvalue weighted by molar-refractivity contribution is 6.31. The van der Waals surface area contributed by atoms with Crippen LogP contribution in [-0.2, 0) is 20.5 Å². The van der Waals surface area contributed by atoms with Crippen LogP contribution in [0.25, 0.3) is 0 Å². The third kappa shape index (κ3) is 2.58. The van der Waals surface area contributed by atoms with Crippen LogP contribution in [0.4, 0.5) is 11.4 Å². The highest BCUT2D eigenvalue weighted by atomic mass is 35.5. The number of hydrogen-bond acceptors (Lipinski definition) is 5. The first-order chi connectivity index (χ1) is 17.9. The fourth-order valence-electron chi connectivity index (χ4n) is 7.49. The third-order valence-electron chi connectivity index (χ3n) is 8.72. The summed E-state index contributed by atoms with van der Waals surface area (Å²) >= 11 is 6.49. The maximum atomic E-state index is 14.5. The Hall–Kier alpha value is -3.68. The van der Waals surface area contributed by atoms with Crippen LogP contribution in [0.5, 0.6) is 5.75 Å². The zero-order valence-electron chi connectivity index (χ0n) is 20.1. The fraction of sp³-hybridized carbons (Fsp3) is 0.276. The second-order valence-corrected chi connectivity index (χ2v) is 10.6. The van der Waals surface area contributed by atoms with Crippen molar-refractivity contribution < 1.29 is 19.1 Å². The highest BCUT2D eigenvalue weighted by Crippen LogP contribution is 2.68. The molecule has 4 atom stereocenters. The zero-order valence-corrected chi connectivity index (χ0v) is 20.8. The molecule has 0 saturated carbocycles. The Kier molecular flexibility index (Phi) is 4.66. The number of amides is 2. The summed E-state index contributed by atoms with van der Waals surface area (Å²) in [6, 6.07) is 19.4. The van der Waals surface area contributed by atoms with Crippen molar-refractivity contribution in [3.05, 3.63) is 88.4 Å². The fourth-order valence-corrected chi connectivity index (χ4v) is 7.66. The molecule has 7 rings (SSSR count). The number of ether oxygens (including phenoxy) is 1. The molecular formula is C29H24ClN3O4. The number of nitrogens with zero attached hydrogens (tertiary/aromatic N) is 1. The van der Waals surface area contributed by atoms with E-state index in [1.807, 2.05) is 24.3 Å². The van der Waals surface area contributed by atoms with E-state index in [9.17, 15) is 14.4 Å². The molecular weight excluding hydrogens is 490 g/mol. The van der Waals surface area contributed by atoms with E-state index in [2.05, 4.69) is 15.5 Å². The second kappa shape index (κ2) is 7.66. The Morgan fingerprint density at radius 3 is 2.49 bits per heavy atom. The molecule has 4 aliphatic rings. The number of nitrogens with one attached hydrogen (secondary N) is 2. The monoisotopic (exact) mass is 513 g/mol. The quantitative estimate of drug-likeness (QED) is 0.508. The summed E-state index contributed by atoms with van der Waals surface area (Å²) in [4.78, 5) is 45.4. The van der Waals surface area contributed by atoms with Crippen molar-refractivity contribution in [2.24, 2.45) is 5.92 Å². The zero-order chi connectivity index (χ0) is 25.5. The van der Waals surface area contributed by atoms with Crippen LogP contribution in [0, 0.1) is 5.92 Å². The number of carbonyl (C=O) groups is 3. The van der Waals surface area contributed by atoms with E-state index in [1.54, 1.807) is 49.6 Å². The van der Waals surface area contributed by atoms with Gasteiger partial charge < -0.3 is 15.4 Å². The van der Waals surface area contributed by atoms with E-state index in [0.29, 0.717) is 51.8 Å². The lowest BCUT2D eigenvalue weighted by molar-refractivity contribution is -0.137. The molecule has 2 N–H and O–H groups in total. The smallest absolute Gasteiger partial charge is 0.251 e. The summed E-state index contributed by atoms with van der Waals surface area (Å²) in [7, 11) is 1.57. The molecule has 4 aliphatic heterocycles. The molecule has 7 nitrogen and oxygen atoms in total. The SMILES string of the molecule is COc1ccc(C(=O)[C@@H]2[C@@H]3CCCN3[C@]3(C(=O)Nc4ccc(Cl)cc43)[C@@]23C(=O)Nc2ccccc23)cc1. The van der Waals surface area contributed by atoms with Gasteiger partial charge in [-0.1, -0.05) is 29.8 Å². The van der Waals surface area contributed by atoms with Gasteiger partial charge in [-0.05, 0) is 73.5 Å². The minimum absolute atomic E-state index is 0.161. The van der Waals surface area contributed by atoms with Gasteiger partial charge >= 0.3 is 0 Å². The lowest BCUT2D eigenvalue weighted by Gasteiger charge is -2.43. The van der Waals surface area contributed by atoms with Gasteiger partial charge in [-0.15, -0.1) is 0 Å². The molecule has 3 aromatic rings. The number of fused-ring (bicyclic) bond motifs is 7. The molecule has 0 aliphatic carbocycles. The molecule has 2 fully saturated rings. The number of rotatable bonds is 3. The third-order valence-corrected chi connectivity index (χ3v) is 8.95. The Balaban J connectivity index is 1.56. The Morgan fingerprint density at radius 2 is 1.70 bits per heavy atom. The van der Waals surface area contributed by atoms with Crippen molar-refractivity contribution in [3.8, 4) is 5.75 Å². The number of Topliss-reactive ketones (excluding diaryl/α,β-unsaturated/α-hetero) is 1. The number of hydrogen-bond donors (Lipinski definition) is 2. The van der Waals surface area contributed by atoms with E-state index in [-0.39, 0.29) is 23.6 Å². The van der Waals surface area contributed by atoms with Crippen molar-refractivity contribution in [2.75, 3.05) is 24.3 Å². The number of anilines is 2. The van der Waals surface area contributed by atoms with Crippen LogP contribution in [0.15, 0.2) is 66.7 Å². The molecule has 2 amide bonds. The first-order valence-electron chi connectivity index (χ1n) is 12.4. The summed E-state index contributed by atoms with van der Waals surface area (Å²) in [6.07, 6.45) is 1.52. The van der Waals surface area contributed by atoms with Crippen LogP contribution in [0.1, 0.15) is 34.3 Å². The van der Waals surface area contributed by atoms with Crippen LogP contribution in [0.2, 0.25) is 5.02 Å². The maximum absolute atomic E-state index is 14.5. The first kappa shape index (κ1) is 22.5. The van der Waals surface area contributed by atoms with Gasteiger partial charge in [0, 0.05) is 33.6 Å². The largest absolute Gasteiger partial charge is 0.497 e. The van der Waals surface area contributed by atoms with E-state index in [0.717, 1.165) is 6.42 Å². The molecule has 8 heteroatoms. The first-order valence-corrected chi connectivity index (χ1v) is 12.8. The van der Waals surface area contributed by atoms with Crippen LogP contribution in [-0.4, -0.2) is 42.2 Å². The van der Waals surface area contributed by atoms with E-state index < -0.39 is 16.9 Å². The summed E-state index contributed by atoms with van der Waals surface area (Å²) in [5.41, 5.74) is 0.149. The minimum atomic E-state index is -1.48. The molecule has 2 saturated heterocycles. The molecule has 0 bridgehead atoms. The minimum Gasteiger partial charge on any atom is -0.497 e. The van der Waals surface area contributed by atoms with Gasteiger partial charge in [0.1, 0.15) is 16.7 Å². The van der Waals surface area contributed by atoms with Crippen molar-refractivity contribution in [1.82, 2.24) is 4.90 Å². The lowest BCUT2D eigenvalue weighted by Crippen LogP contribution is -2.62. The Morgan fingerprint density at radius 1 is 0.973 bits per heavy atom. The van der Waals surface area contributed by atoms with Crippen LogP contribution in [0.3, 0.4) is 0 Å².